The second-order valence-corrected chi connectivity index (χ2v) is 3.21. The highest BCUT2D eigenvalue weighted by Crippen LogP contribution is 2.14. The molecule has 0 amide bonds. The van der Waals surface area contributed by atoms with Gasteiger partial charge in [-0.05, 0) is 6.92 Å². The summed E-state index contributed by atoms with van der Waals surface area (Å²) in [5.41, 5.74) is 6.17. The van der Waals surface area contributed by atoms with E-state index in [1.807, 2.05) is 6.92 Å². The van der Waals surface area contributed by atoms with Gasteiger partial charge < -0.3 is 5.73 Å². The second kappa shape index (κ2) is 3.26. The number of aromatic nitrogens is 4. The van der Waals surface area contributed by atoms with E-state index in [1.54, 1.807) is 10.9 Å². The largest absolute Gasteiger partial charge is 0.382 e. The molecular formula is C8H8ClN5. The minimum Gasteiger partial charge on any atom is -0.382 e. The van der Waals surface area contributed by atoms with E-state index in [0.29, 0.717) is 16.7 Å². The minimum atomic E-state index is 0.378. The fourth-order valence-corrected chi connectivity index (χ4v) is 1.14. The zero-order valence-corrected chi connectivity index (χ0v) is 8.23. The minimum absolute atomic E-state index is 0.378. The highest BCUT2D eigenvalue weighted by atomic mass is 35.5. The summed E-state index contributed by atoms with van der Waals surface area (Å²) in [5, 5.41) is 4.75. The lowest BCUT2D eigenvalue weighted by Crippen LogP contribution is -2.00. The van der Waals surface area contributed by atoms with Gasteiger partial charge in [0.05, 0.1) is 29.3 Å². The normalized spacial score (nSPS) is 10.4. The summed E-state index contributed by atoms with van der Waals surface area (Å²) >= 11 is 5.85. The Morgan fingerprint density at radius 2 is 2.14 bits per heavy atom. The fraction of sp³-hybridized carbons (Fsp3) is 0.125. The summed E-state index contributed by atoms with van der Waals surface area (Å²) in [6.07, 6.45) is 4.69. The Balaban J connectivity index is 2.44. The van der Waals surface area contributed by atoms with E-state index in [2.05, 4.69) is 15.1 Å². The third kappa shape index (κ3) is 1.54. The maximum atomic E-state index is 5.85. The molecule has 2 aromatic rings. The number of hydrogen-bond donors (Lipinski definition) is 1. The van der Waals surface area contributed by atoms with Gasteiger partial charge in [0.15, 0.2) is 5.82 Å². The van der Waals surface area contributed by atoms with Crippen molar-refractivity contribution in [3.05, 3.63) is 29.3 Å². The lowest BCUT2D eigenvalue weighted by molar-refractivity contribution is 0.825. The van der Waals surface area contributed by atoms with Gasteiger partial charge >= 0.3 is 0 Å². The van der Waals surface area contributed by atoms with Gasteiger partial charge in [-0.2, -0.15) is 5.10 Å². The van der Waals surface area contributed by atoms with Gasteiger partial charge in [0.2, 0.25) is 0 Å². The summed E-state index contributed by atoms with van der Waals surface area (Å²) in [6, 6.07) is 0. The van der Waals surface area contributed by atoms with Crippen LogP contribution in [0.1, 0.15) is 5.69 Å². The summed E-state index contributed by atoms with van der Waals surface area (Å²) < 4.78 is 1.56. The van der Waals surface area contributed by atoms with Crippen LogP contribution in [-0.4, -0.2) is 19.7 Å². The lowest BCUT2D eigenvalue weighted by atomic mass is 10.5. The first-order valence-electron chi connectivity index (χ1n) is 3.96. The number of nitrogens with zero attached hydrogens (tertiary/aromatic N) is 4. The van der Waals surface area contributed by atoms with Crippen molar-refractivity contribution in [1.29, 1.82) is 0 Å². The molecule has 0 fully saturated rings. The number of aryl methyl sites for hydroxylation is 1. The molecule has 14 heavy (non-hydrogen) atoms. The average Bonchev–Trinajstić information content (AvgIpc) is 2.48. The monoisotopic (exact) mass is 209 g/mol. The first-order chi connectivity index (χ1) is 6.66. The Morgan fingerprint density at radius 3 is 2.64 bits per heavy atom. The second-order valence-electron chi connectivity index (χ2n) is 2.81. The molecule has 0 radical (unpaired) electrons. The Labute approximate surface area is 85.5 Å². The fourth-order valence-electron chi connectivity index (χ4n) is 1.01. The summed E-state index contributed by atoms with van der Waals surface area (Å²) in [6.45, 7) is 1.82. The standard InChI is InChI=1S/C8H8ClN5/c1-5-6(9)4-14(13-5)8-3-11-7(10)2-12-8/h2-4H,1H3,(H2,10,11). The van der Waals surface area contributed by atoms with Gasteiger partial charge in [0.25, 0.3) is 0 Å². The molecule has 0 atom stereocenters. The molecule has 0 saturated heterocycles. The van der Waals surface area contributed by atoms with E-state index >= 15 is 0 Å². The van der Waals surface area contributed by atoms with Crippen molar-refractivity contribution >= 4 is 17.4 Å². The molecule has 5 nitrogen and oxygen atoms in total. The quantitative estimate of drug-likeness (QED) is 0.767. The van der Waals surface area contributed by atoms with Gasteiger partial charge in [0.1, 0.15) is 5.82 Å². The predicted octanol–water partition coefficient (Wildman–Crippen LogP) is 1.21. The van der Waals surface area contributed by atoms with Crippen molar-refractivity contribution in [3.8, 4) is 5.82 Å². The number of anilines is 1. The molecule has 0 bridgehead atoms. The number of hydrogen-bond acceptors (Lipinski definition) is 4. The smallest absolute Gasteiger partial charge is 0.172 e. The van der Waals surface area contributed by atoms with Crippen molar-refractivity contribution in [3.63, 3.8) is 0 Å². The molecule has 2 N–H and O–H groups in total. The highest BCUT2D eigenvalue weighted by molar-refractivity contribution is 6.31. The van der Waals surface area contributed by atoms with Crippen LogP contribution in [0.5, 0.6) is 0 Å². The third-order valence-corrected chi connectivity index (χ3v) is 2.10. The van der Waals surface area contributed by atoms with Crippen LogP contribution < -0.4 is 5.73 Å². The topological polar surface area (TPSA) is 69.6 Å². The van der Waals surface area contributed by atoms with Crippen LogP contribution >= 0.6 is 11.6 Å². The summed E-state index contributed by atoms with van der Waals surface area (Å²) in [7, 11) is 0. The van der Waals surface area contributed by atoms with Crippen LogP contribution in [-0.2, 0) is 0 Å². The molecule has 0 aliphatic rings. The van der Waals surface area contributed by atoms with Crippen LogP contribution in [0.2, 0.25) is 5.02 Å². The van der Waals surface area contributed by atoms with Crippen LogP contribution in [0.4, 0.5) is 5.82 Å². The first kappa shape index (κ1) is 8.96. The Hall–Kier alpha value is -1.62. The molecule has 2 rings (SSSR count). The van der Waals surface area contributed by atoms with E-state index in [1.165, 1.54) is 12.4 Å². The molecular weight excluding hydrogens is 202 g/mol. The van der Waals surface area contributed by atoms with Crippen molar-refractivity contribution in [2.24, 2.45) is 0 Å². The van der Waals surface area contributed by atoms with Gasteiger partial charge in [-0.15, -0.1) is 0 Å². The number of rotatable bonds is 1. The SMILES string of the molecule is Cc1nn(-c2cnc(N)cn2)cc1Cl. The Bertz CT molecular complexity index is 428. The molecule has 0 aliphatic carbocycles. The zero-order valence-electron chi connectivity index (χ0n) is 7.48. The van der Waals surface area contributed by atoms with Crippen LogP contribution in [0.15, 0.2) is 18.6 Å². The molecule has 0 spiro atoms. The van der Waals surface area contributed by atoms with E-state index in [0.717, 1.165) is 5.69 Å². The third-order valence-electron chi connectivity index (χ3n) is 1.73. The van der Waals surface area contributed by atoms with Gasteiger partial charge in [-0.3, -0.25) is 0 Å². The summed E-state index contributed by atoms with van der Waals surface area (Å²) in [4.78, 5) is 7.96. The van der Waals surface area contributed by atoms with E-state index in [4.69, 9.17) is 17.3 Å². The van der Waals surface area contributed by atoms with E-state index in [9.17, 15) is 0 Å². The lowest BCUT2D eigenvalue weighted by Gasteiger charge is -1.98. The number of nitrogens with two attached hydrogens (primary N) is 1. The molecule has 0 aliphatic heterocycles. The van der Waals surface area contributed by atoms with Gasteiger partial charge in [-0.1, -0.05) is 11.6 Å². The van der Waals surface area contributed by atoms with Crippen molar-refractivity contribution in [2.45, 2.75) is 6.92 Å². The van der Waals surface area contributed by atoms with Gasteiger partial charge in [0, 0.05) is 0 Å². The maximum absolute atomic E-state index is 5.85. The maximum Gasteiger partial charge on any atom is 0.172 e. The van der Waals surface area contributed by atoms with E-state index in [-0.39, 0.29) is 0 Å². The van der Waals surface area contributed by atoms with Crippen molar-refractivity contribution in [2.75, 3.05) is 5.73 Å². The van der Waals surface area contributed by atoms with Crippen LogP contribution in [0.25, 0.3) is 5.82 Å². The zero-order chi connectivity index (χ0) is 10.1. The molecule has 2 aromatic heterocycles. The summed E-state index contributed by atoms with van der Waals surface area (Å²) in [5.74, 6) is 0.970. The molecule has 0 saturated carbocycles. The average molecular weight is 210 g/mol. The van der Waals surface area contributed by atoms with Crippen molar-refractivity contribution < 1.29 is 0 Å². The van der Waals surface area contributed by atoms with Crippen LogP contribution in [0, 0.1) is 6.92 Å². The Morgan fingerprint density at radius 1 is 1.36 bits per heavy atom. The molecule has 6 heteroatoms. The molecule has 0 unspecified atom stereocenters. The number of halogens is 1. The highest BCUT2D eigenvalue weighted by Gasteiger charge is 2.04. The van der Waals surface area contributed by atoms with Crippen LogP contribution in [0.3, 0.4) is 0 Å². The van der Waals surface area contributed by atoms with Gasteiger partial charge in [-0.25, -0.2) is 14.6 Å². The molecule has 0 aromatic carbocycles. The van der Waals surface area contributed by atoms with E-state index < -0.39 is 0 Å². The predicted molar refractivity (Wildman–Crippen MR) is 53.3 cm³/mol. The first-order valence-corrected chi connectivity index (χ1v) is 4.34. The molecule has 2 heterocycles. The molecule has 72 valence electrons. The van der Waals surface area contributed by atoms with Crippen molar-refractivity contribution in [1.82, 2.24) is 19.7 Å². The number of nitrogen functional groups attached to an aromatic ring is 1. The Kier molecular flexibility index (Phi) is 2.09.